The van der Waals surface area contributed by atoms with Crippen LogP contribution in [0.2, 0.25) is 0 Å². The van der Waals surface area contributed by atoms with Crippen LogP contribution in [0, 0.1) is 11.3 Å². The zero-order valence-electron chi connectivity index (χ0n) is 6.88. The summed E-state index contributed by atoms with van der Waals surface area (Å²) < 4.78 is 11.0. The van der Waals surface area contributed by atoms with Crippen molar-refractivity contribution in [2.75, 3.05) is 13.2 Å². The maximum Gasteiger partial charge on any atom is 0.172 e. The molecule has 0 bridgehead atoms. The van der Waals surface area contributed by atoms with E-state index in [-0.39, 0.29) is 5.79 Å². The average molecular weight is 165 g/mol. The Labute approximate surface area is 71.6 Å². The zero-order chi connectivity index (χ0) is 8.44. The van der Waals surface area contributed by atoms with Crippen LogP contribution in [0.15, 0.2) is 11.6 Å². The molecule has 0 aromatic carbocycles. The summed E-state index contributed by atoms with van der Waals surface area (Å²) >= 11 is 0. The molecule has 3 nitrogen and oxygen atoms in total. The van der Waals surface area contributed by atoms with Gasteiger partial charge in [-0.1, -0.05) is 6.08 Å². The van der Waals surface area contributed by atoms with Gasteiger partial charge in [0.05, 0.1) is 19.3 Å². The van der Waals surface area contributed by atoms with E-state index in [0.29, 0.717) is 13.2 Å². The van der Waals surface area contributed by atoms with Crippen LogP contribution in [0.1, 0.15) is 19.3 Å². The lowest BCUT2D eigenvalue weighted by Crippen LogP contribution is -2.31. The van der Waals surface area contributed by atoms with Crippen molar-refractivity contribution in [2.24, 2.45) is 0 Å². The molecule has 1 aliphatic carbocycles. The van der Waals surface area contributed by atoms with Crippen LogP contribution in [0.4, 0.5) is 0 Å². The Morgan fingerprint density at radius 1 is 1.42 bits per heavy atom. The van der Waals surface area contributed by atoms with E-state index in [4.69, 9.17) is 14.7 Å². The zero-order valence-corrected chi connectivity index (χ0v) is 6.88. The number of ether oxygens (including phenoxy) is 2. The van der Waals surface area contributed by atoms with Gasteiger partial charge in [-0.25, -0.2) is 0 Å². The Hall–Kier alpha value is -0.850. The van der Waals surface area contributed by atoms with Crippen molar-refractivity contribution >= 4 is 0 Å². The molecular weight excluding hydrogens is 154 g/mol. The third-order valence-electron chi connectivity index (χ3n) is 2.39. The van der Waals surface area contributed by atoms with Crippen molar-refractivity contribution in [3.63, 3.8) is 0 Å². The van der Waals surface area contributed by atoms with Gasteiger partial charge in [-0.05, 0) is 6.42 Å². The summed E-state index contributed by atoms with van der Waals surface area (Å²) in [5.74, 6) is -0.375. The maximum absolute atomic E-state index is 8.62. The SMILES string of the molecule is N#CC1=CCC2(CC1)OCCO2. The topological polar surface area (TPSA) is 42.2 Å². The highest BCUT2D eigenvalue weighted by Crippen LogP contribution is 2.34. The largest absolute Gasteiger partial charge is 0.347 e. The molecule has 1 heterocycles. The molecule has 2 rings (SSSR count). The fourth-order valence-corrected chi connectivity index (χ4v) is 1.67. The van der Waals surface area contributed by atoms with E-state index in [9.17, 15) is 0 Å². The van der Waals surface area contributed by atoms with Crippen LogP contribution in [0.3, 0.4) is 0 Å². The van der Waals surface area contributed by atoms with Crippen molar-refractivity contribution in [3.8, 4) is 6.07 Å². The lowest BCUT2D eigenvalue weighted by molar-refractivity contribution is -0.161. The standard InChI is InChI=1S/C9H11NO2/c10-7-8-1-3-9(4-2-8)11-5-6-12-9/h1H,2-6H2. The van der Waals surface area contributed by atoms with Gasteiger partial charge in [0.25, 0.3) is 0 Å². The van der Waals surface area contributed by atoms with Gasteiger partial charge >= 0.3 is 0 Å². The molecule has 3 heteroatoms. The summed E-state index contributed by atoms with van der Waals surface area (Å²) in [5, 5.41) is 8.62. The molecule has 0 N–H and O–H groups in total. The summed E-state index contributed by atoms with van der Waals surface area (Å²) in [6.07, 6.45) is 4.27. The van der Waals surface area contributed by atoms with E-state index in [0.717, 1.165) is 24.8 Å². The predicted molar refractivity (Wildman–Crippen MR) is 42.2 cm³/mol. The van der Waals surface area contributed by atoms with Crippen LogP contribution >= 0.6 is 0 Å². The molecule has 0 radical (unpaired) electrons. The Kier molecular flexibility index (Phi) is 1.87. The minimum absolute atomic E-state index is 0.375. The van der Waals surface area contributed by atoms with Gasteiger partial charge in [0.1, 0.15) is 0 Å². The molecule has 0 atom stereocenters. The highest BCUT2D eigenvalue weighted by molar-refractivity contribution is 5.23. The number of nitrogens with zero attached hydrogens (tertiary/aromatic N) is 1. The molecule has 0 aromatic rings. The quantitative estimate of drug-likeness (QED) is 0.544. The Balaban J connectivity index is 2.07. The van der Waals surface area contributed by atoms with Crippen molar-refractivity contribution in [1.82, 2.24) is 0 Å². The number of nitriles is 1. The molecule has 0 aromatic heterocycles. The van der Waals surface area contributed by atoms with E-state index >= 15 is 0 Å². The van der Waals surface area contributed by atoms with Crippen molar-refractivity contribution in [2.45, 2.75) is 25.0 Å². The molecule has 64 valence electrons. The highest BCUT2D eigenvalue weighted by atomic mass is 16.7. The molecule has 1 saturated heterocycles. The molecule has 1 aliphatic heterocycles. The second kappa shape index (κ2) is 2.89. The number of rotatable bonds is 0. The Bertz CT molecular complexity index is 246. The monoisotopic (exact) mass is 165 g/mol. The molecule has 0 unspecified atom stereocenters. The molecule has 1 fully saturated rings. The number of hydrogen-bond acceptors (Lipinski definition) is 3. The maximum atomic E-state index is 8.62. The normalized spacial score (nSPS) is 26.8. The van der Waals surface area contributed by atoms with Gasteiger partial charge in [-0.3, -0.25) is 0 Å². The van der Waals surface area contributed by atoms with E-state index in [1.54, 1.807) is 0 Å². The summed E-state index contributed by atoms with van der Waals surface area (Å²) in [7, 11) is 0. The van der Waals surface area contributed by atoms with E-state index in [1.165, 1.54) is 0 Å². The second-order valence-corrected chi connectivity index (χ2v) is 3.15. The Morgan fingerprint density at radius 2 is 2.17 bits per heavy atom. The second-order valence-electron chi connectivity index (χ2n) is 3.15. The first-order valence-electron chi connectivity index (χ1n) is 4.22. The summed E-state index contributed by atoms with van der Waals surface area (Å²) in [5.41, 5.74) is 0.861. The minimum atomic E-state index is -0.375. The van der Waals surface area contributed by atoms with Crippen LogP contribution in [0.5, 0.6) is 0 Å². The first-order valence-corrected chi connectivity index (χ1v) is 4.22. The van der Waals surface area contributed by atoms with Crippen molar-refractivity contribution in [3.05, 3.63) is 11.6 Å². The van der Waals surface area contributed by atoms with Gasteiger partial charge in [0.15, 0.2) is 5.79 Å². The van der Waals surface area contributed by atoms with Gasteiger partial charge in [-0.2, -0.15) is 5.26 Å². The van der Waals surface area contributed by atoms with Gasteiger partial charge in [0.2, 0.25) is 0 Å². The highest BCUT2D eigenvalue weighted by Gasteiger charge is 2.37. The van der Waals surface area contributed by atoms with Gasteiger partial charge in [-0.15, -0.1) is 0 Å². The van der Waals surface area contributed by atoms with E-state index in [2.05, 4.69) is 6.07 Å². The third-order valence-corrected chi connectivity index (χ3v) is 2.39. The Morgan fingerprint density at radius 3 is 2.67 bits per heavy atom. The third kappa shape index (κ3) is 1.24. The fourth-order valence-electron chi connectivity index (χ4n) is 1.67. The fraction of sp³-hybridized carbons (Fsp3) is 0.667. The number of allylic oxidation sites excluding steroid dienone is 1. The molecule has 12 heavy (non-hydrogen) atoms. The average Bonchev–Trinajstić information content (AvgIpc) is 2.55. The summed E-state index contributed by atoms with van der Waals surface area (Å²) in [6, 6.07) is 2.16. The van der Waals surface area contributed by atoms with Crippen molar-refractivity contribution < 1.29 is 9.47 Å². The van der Waals surface area contributed by atoms with Gasteiger partial charge in [0, 0.05) is 18.4 Å². The first kappa shape index (κ1) is 7.78. The lowest BCUT2D eigenvalue weighted by Gasteiger charge is -2.28. The molecule has 0 saturated carbocycles. The smallest absolute Gasteiger partial charge is 0.172 e. The van der Waals surface area contributed by atoms with Crippen LogP contribution in [-0.2, 0) is 9.47 Å². The molecule has 0 amide bonds. The molecular formula is C9H11NO2. The van der Waals surface area contributed by atoms with Crippen LogP contribution in [-0.4, -0.2) is 19.0 Å². The van der Waals surface area contributed by atoms with Crippen molar-refractivity contribution in [1.29, 1.82) is 5.26 Å². The number of hydrogen-bond donors (Lipinski definition) is 0. The predicted octanol–water partition coefficient (Wildman–Crippen LogP) is 1.36. The van der Waals surface area contributed by atoms with Gasteiger partial charge < -0.3 is 9.47 Å². The minimum Gasteiger partial charge on any atom is -0.347 e. The van der Waals surface area contributed by atoms with E-state index in [1.807, 2.05) is 6.08 Å². The molecule has 2 aliphatic rings. The summed E-state index contributed by atoms with van der Waals surface area (Å²) in [6.45, 7) is 1.38. The molecule has 1 spiro atoms. The van der Waals surface area contributed by atoms with Crippen LogP contribution < -0.4 is 0 Å². The first-order chi connectivity index (χ1) is 5.85. The summed E-state index contributed by atoms with van der Waals surface area (Å²) in [4.78, 5) is 0. The van der Waals surface area contributed by atoms with Crippen LogP contribution in [0.25, 0.3) is 0 Å². The lowest BCUT2D eigenvalue weighted by atomic mass is 9.95. The van der Waals surface area contributed by atoms with E-state index < -0.39 is 0 Å².